The van der Waals surface area contributed by atoms with Crippen molar-refractivity contribution < 1.29 is 9.26 Å². The van der Waals surface area contributed by atoms with Gasteiger partial charge in [0.2, 0.25) is 0 Å². The molecule has 7 nitrogen and oxygen atoms in total. The summed E-state index contributed by atoms with van der Waals surface area (Å²) in [5, 5.41) is 11.8. The SMILES string of the molecule is C[n+]1cnc(-c2cc3c(nn2)NCCN3Cc2ccccc2)o1. The topological polar surface area (TPSA) is 71.0 Å². The Morgan fingerprint density at radius 2 is 2.13 bits per heavy atom. The molecule has 1 aromatic carbocycles. The van der Waals surface area contributed by atoms with Gasteiger partial charge in [-0.15, -0.1) is 10.2 Å². The first-order valence-electron chi connectivity index (χ1n) is 7.52. The molecular weight excluding hydrogens is 292 g/mol. The van der Waals surface area contributed by atoms with Crippen LogP contribution in [0.25, 0.3) is 11.6 Å². The van der Waals surface area contributed by atoms with E-state index in [4.69, 9.17) is 4.52 Å². The molecule has 4 rings (SSSR count). The van der Waals surface area contributed by atoms with Gasteiger partial charge in [0.05, 0.1) is 5.69 Å². The van der Waals surface area contributed by atoms with Gasteiger partial charge >= 0.3 is 12.2 Å². The van der Waals surface area contributed by atoms with Crippen molar-refractivity contribution in [2.75, 3.05) is 23.3 Å². The van der Waals surface area contributed by atoms with Crippen LogP contribution in [0, 0.1) is 0 Å². The first kappa shape index (κ1) is 13.7. The normalized spacial score (nSPS) is 13.5. The van der Waals surface area contributed by atoms with E-state index in [-0.39, 0.29) is 0 Å². The fraction of sp³-hybridized carbons (Fsp3) is 0.250. The second-order valence-electron chi connectivity index (χ2n) is 5.48. The van der Waals surface area contributed by atoms with Crippen molar-refractivity contribution in [1.82, 2.24) is 15.2 Å². The van der Waals surface area contributed by atoms with Crippen LogP contribution >= 0.6 is 0 Å². The summed E-state index contributed by atoms with van der Waals surface area (Å²) in [5.41, 5.74) is 2.92. The minimum atomic E-state index is 0.466. The van der Waals surface area contributed by atoms with Crippen molar-refractivity contribution in [1.29, 1.82) is 0 Å². The zero-order valence-corrected chi connectivity index (χ0v) is 12.8. The van der Waals surface area contributed by atoms with Crippen LogP contribution < -0.4 is 15.0 Å². The molecule has 0 radical (unpaired) electrons. The summed E-state index contributed by atoms with van der Waals surface area (Å²) in [7, 11) is 1.78. The molecule has 0 atom stereocenters. The number of benzene rings is 1. The summed E-state index contributed by atoms with van der Waals surface area (Å²) in [4.78, 5) is 6.49. The standard InChI is InChI=1S/C16H16N6O/c1-21-11-18-16(23-21)13-9-14-15(20-19-13)17-7-8-22(14)10-12-5-3-2-4-6-12/h2-6,9,11H,7-8,10H2,1H3/p+1. The predicted molar refractivity (Wildman–Crippen MR) is 84.7 cm³/mol. The third-order valence-corrected chi connectivity index (χ3v) is 3.79. The molecule has 0 aliphatic carbocycles. The molecule has 2 aromatic heterocycles. The lowest BCUT2D eigenvalue weighted by Crippen LogP contribution is -2.34. The highest BCUT2D eigenvalue weighted by molar-refractivity contribution is 5.71. The Morgan fingerprint density at radius 1 is 1.26 bits per heavy atom. The number of aromatic nitrogens is 4. The van der Waals surface area contributed by atoms with Crippen molar-refractivity contribution in [3.8, 4) is 11.6 Å². The quantitative estimate of drug-likeness (QED) is 0.737. The molecule has 3 heterocycles. The highest BCUT2D eigenvalue weighted by atomic mass is 16.5. The summed E-state index contributed by atoms with van der Waals surface area (Å²) >= 11 is 0. The van der Waals surface area contributed by atoms with Crippen LogP contribution in [0.15, 0.2) is 47.2 Å². The van der Waals surface area contributed by atoms with Gasteiger partial charge in [0, 0.05) is 30.7 Å². The maximum Gasteiger partial charge on any atom is 0.404 e. The molecule has 0 spiro atoms. The van der Waals surface area contributed by atoms with E-state index in [2.05, 4.69) is 49.7 Å². The molecule has 1 aliphatic heterocycles. The van der Waals surface area contributed by atoms with Crippen LogP contribution in [0.4, 0.5) is 11.5 Å². The predicted octanol–water partition coefficient (Wildman–Crippen LogP) is 1.39. The summed E-state index contributed by atoms with van der Waals surface area (Å²) in [6.07, 6.45) is 1.61. The molecule has 0 bridgehead atoms. The molecule has 116 valence electrons. The number of anilines is 2. The second-order valence-corrected chi connectivity index (χ2v) is 5.48. The molecule has 0 saturated heterocycles. The Balaban J connectivity index is 1.68. The van der Waals surface area contributed by atoms with E-state index in [1.54, 1.807) is 13.4 Å². The van der Waals surface area contributed by atoms with Crippen molar-refractivity contribution in [2.24, 2.45) is 7.05 Å². The number of hydrogen-bond donors (Lipinski definition) is 1. The fourth-order valence-electron chi connectivity index (χ4n) is 2.68. The maximum absolute atomic E-state index is 5.48. The average molecular weight is 309 g/mol. The van der Waals surface area contributed by atoms with E-state index in [0.29, 0.717) is 11.6 Å². The highest BCUT2D eigenvalue weighted by Gasteiger charge is 2.23. The summed E-state index contributed by atoms with van der Waals surface area (Å²) < 4.78 is 7.02. The smallest absolute Gasteiger partial charge is 0.365 e. The zero-order valence-electron chi connectivity index (χ0n) is 12.8. The lowest BCUT2D eigenvalue weighted by molar-refractivity contribution is -0.844. The molecule has 7 heteroatoms. The minimum absolute atomic E-state index is 0.466. The molecule has 1 aliphatic rings. The van der Waals surface area contributed by atoms with Crippen LogP contribution in [0.3, 0.4) is 0 Å². The number of aryl methyl sites for hydroxylation is 1. The van der Waals surface area contributed by atoms with Crippen LogP contribution in [-0.2, 0) is 13.6 Å². The van der Waals surface area contributed by atoms with Crippen molar-refractivity contribution >= 4 is 11.5 Å². The van der Waals surface area contributed by atoms with E-state index < -0.39 is 0 Å². The number of nitrogens with zero attached hydrogens (tertiary/aromatic N) is 5. The minimum Gasteiger partial charge on any atom is -0.365 e. The fourth-order valence-corrected chi connectivity index (χ4v) is 2.68. The monoisotopic (exact) mass is 309 g/mol. The molecular formula is C16H17N6O+. The summed E-state index contributed by atoms with van der Waals surface area (Å²) in [6, 6.07) is 12.4. The lowest BCUT2D eigenvalue weighted by Gasteiger charge is -2.31. The Kier molecular flexibility index (Phi) is 3.38. The van der Waals surface area contributed by atoms with Gasteiger partial charge < -0.3 is 10.2 Å². The maximum atomic E-state index is 5.48. The van der Waals surface area contributed by atoms with Crippen molar-refractivity contribution in [3.05, 3.63) is 48.3 Å². The Hall–Kier alpha value is -2.96. The van der Waals surface area contributed by atoms with Gasteiger partial charge in [0.15, 0.2) is 11.5 Å². The third kappa shape index (κ3) is 2.73. The number of rotatable bonds is 3. The lowest BCUT2D eigenvalue weighted by atomic mass is 10.2. The molecule has 1 N–H and O–H groups in total. The van der Waals surface area contributed by atoms with Crippen molar-refractivity contribution in [2.45, 2.75) is 6.54 Å². The first-order valence-corrected chi connectivity index (χ1v) is 7.52. The number of nitrogens with one attached hydrogen (secondary N) is 1. The van der Waals surface area contributed by atoms with Crippen LogP contribution in [0.2, 0.25) is 0 Å². The average Bonchev–Trinajstić information content (AvgIpc) is 3.02. The van der Waals surface area contributed by atoms with Gasteiger partial charge in [0.1, 0.15) is 7.05 Å². The van der Waals surface area contributed by atoms with E-state index in [9.17, 15) is 0 Å². The summed E-state index contributed by atoms with van der Waals surface area (Å²) in [5.74, 6) is 1.26. The summed E-state index contributed by atoms with van der Waals surface area (Å²) in [6.45, 7) is 2.59. The molecule has 3 aromatic rings. The van der Waals surface area contributed by atoms with E-state index >= 15 is 0 Å². The zero-order chi connectivity index (χ0) is 15.6. The molecule has 0 amide bonds. The van der Waals surface area contributed by atoms with E-state index in [0.717, 1.165) is 31.1 Å². The van der Waals surface area contributed by atoms with Gasteiger partial charge in [-0.3, -0.25) is 4.52 Å². The Bertz CT molecular complexity index is 816. The third-order valence-electron chi connectivity index (χ3n) is 3.79. The molecule has 0 fully saturated rings. The first-order chi connectivity index (χ1) is 11.3. The Labute approximate surface area is 133 Å². The second kappa shape index (κ2) is 5.68. The number of hydrogen-bond acceptors (Lipinski definition) is 6. The van der Waals surface area contributed by atoms with Gasteiger partial charge in [-0.1, -0.05) is 35.1 Å². The molecule has 0 saturated carbocycles. The van der Waals surface area contributed by atoms with Gasteiger partial charge in [0.25, 0.3) is 0 Å². The van der Waals surface area contributed by atoms with Crippen molar-refractivity contribution in [3.63, 3.8) is 0 Å². The van der Waals surface area contributed by atoms with Gasteiger partial charge in [-0.25, -0.2) is 0 Å². The van der Waals surface area contributed by atoms with Crippen LogP contribution in [0.1, 0.15) is 5.56 Å². The van der Waals surface area contributed by atoms with Crippen LogP contribution in [-0.4, -0.2) is 28.3 Å². The molecule has 0 unspecified atom stereocenters. The Morgan fingerprint density at radius 3 is 2.91 bits per heavy atom. The van der Waals surface area contributed by atoms with E-state index in [1.165, 1.54) is 10.3 Å². The van der Waals surface area contributed by atoms with Crippen LogP contribution in [0.5, 0.6) is 0 Å². The van der Waals surface area contributed by atoms with E-state index in [1.807, 2.05) is 12.1 Å². The largest absolute Gasteiger partial charge is 0.404 e. The molecule has 23 heavy (non-hydrogen) atoms. The van der Waals surface area contributed by atoms with Gasteiger partial charge in [-0.2, -0.15) is 0 Å². The number of fused-ring (bicyclic) bond motifs is 1. The van der Waals surface area contributed by atoms with Gasteiger partial charge in [-0.05, 0) is 5.56 Å². The highest BCUT2D eigenvalue weighted by Crippen LogP contribution is 2.30.